The number of hydrogen-bond donors (Lipinski definition) is 1. The molecule has 0 spiro atoms. The predicted molar refractivity (Wildman–Crippen MR) is 95.8 cm³/mol. The van der Waals surface area contributed by atoms with E-state index >= 15 is 0 Å². The van der Waals surface area contributed by atoms with Gasteiger partial charge in [0.2, 0.25) is 0 Å². The van der Waals surface area contributed by atoms with Crippen LogP contribution in [0.2, 0.25) is 0 Å². The minimum absolute atomic E-state index is 0.357. The van der Waals surface area contributed by atoms with Crippen LogP contribution in [-0.2, 0) is 4.74 Å². The molecule has 4 heteroatoms. The van der Waals surface area contributed by atoms with Crippen LogP contribution in [0.5, 0.6) is 0 Å². The Morgan fingerprint density at radius 1 is 1.08 bits per heavy atom. The molecule has 120 valence electrons. The fraction of sp³-hybridized carbons (Fsp3) is 0.100. The smallest absolute Gasteiger partial charge is 0.342 e. The summed E-state index contributed by atoms with van der Waals surface area (Å²) >= 11 is 0. The van der Waals surface area contributed by atoms with E-state index in [4.69, 9.17) is 4.74 Å². The maximum atomic E-state index is 11.9. The van der Waals surface area contributed by atoms with Crippen molar-refractivity contribution in [1.82, 2.24) is 4.98 Å². The maximum Gasteiger partial charge on any atom is 0.342 e. The van der Waals surface area contributed by atoms with Gasteiger partial charge in [0, 0.05) is 23.8 Å². The number of ether oxygens (including phenoxy) is 1. The molecule has 1 aromatic heterocycles. The number of rotatable bonds is 5. The fourth-order valence-electron chi connectivity index (χ4n) is 2.33. The van der Waals surface area contributed by atoms with Crippen LogP contribution in [0, 0.1) is 0 Å². The van der Waals surface area contributed by atoms with Crippen molar-refractivity contribution in [2.75, 3.05) is 11.9 Å². The van der Waals surface area contributed by atoms with E-state index in [2.05, 4.69) is 10.3 Å². The molecular weight excluding hydrogens is 300 g/mol. The summed E-state index contributed by atoms with van der Waals surface area (Å²) in [6, 6.07) is 18.8. The number of anilines is 1. The number of pyridine rings is 1. The van der Waals surface area contributed by atoms with Crippen LogP contribution >= 0.6 is 0 Å². The van der Waals surface area contributed by atoms with Gasteiger partial charge in [-0.3, -0.25) is 4.98 Å². The van der Waals surface area contributed by atoms with E-state index in [9.17, 15) is 4.79 Å². The Hall–Kier alpha value is -3.14. The molecule has 1 N–H and O–H groups in total. The number of esters is 1. The van der Waals surface area contributed by atoms with Gasteiger partial charge in [-0.25, -0.2) is 4.79 Å². The van der Waals surface area contributed by atoms with Crippen LogP contribution in [0.3, 0.4) is 0 Å². The third kappa shape index (κ3) is 3.79. The third-order valence-electron chi connectivity index (χ3n) is 3.58. The van der Waals surface area contributed by atoms with Gasteiger partial charge < -0.3 is 10.1 Å². The van der Waals surface area contributed by atoms with Crippen LogP contribution < -0.4 is 5.32 Å². The van der Waals surface area contributed by atoms with Crippen LogP contribution in [0.1, 0.15) is 17.3 Å². The van der Waals surface area contributed by atoms with Crippen molar-refractivity contribution >= 4 is 22.6 Å². The molecule has 0 bridgehead atoms. The summed E-state index contributed by atoms with van der Waals surface area (Å²) in [6.45, 7) is 2.49. The first kappa shape index (κ1) is 15.7. The zero-order valence-corrected chi connectivity index (χ0v) is 13.4. The molecular formula is C20H18N2O2. The molecule has 0 radical (unpaired) electrons. The number of aromatic nitrogens is 1. The van der Waals surface area contributed by atoms with Crippen molar-refractivity contribution in [2.24, 2.45) is 0 Å². The Kier molecular flexibility index (Phi) is 4.87. The highest BCUT2D eigenvalue weighted by Gasteiger charge is 2.05. The lowest BCUT2D eigenvalue weighted by atomic mass is 10.2. The number of nitrogens with one attached hydrogen (secondary N) is 1. The molecule has 0 unspecified atom stereocenters. The van der Waals surface area contributed by atoms with Crippen molar-refractivity contribution < 1.29 is 9.53 Å². The lowest BCUT2D eigenvalue weighted by Gasteiger charge is -2.09. The number of fused-ring (bicyclic) bond motifs is 1. The highest BCUT2D eigenvalue weighted by Crippen LogP contribution is 2.21. The van der Waals surface area contributed by atoms with Gasteiger partial charge in [-0.15, -0.1) is 0 Å². The first-order chi connectivity index (χ1) is 11.7. The lowest BCUT2D eigenvalue weighted by Crippen LogP contribution is -2.06. The summed E-state index contributed by atoms with van der Waals surface area (Å²) in [5, 5.41) is 4.42. The first-order valence-corrected chi connectivity index (χ1v) is 7.73. The van der Waals surface area contributed by atoms with Crippen molar-refractivity contribution in [1.29, 1.82) is 0 Å². The van der Waals surface area contributed by atoms with Crippen LogP contribution in [0.15, 0.2) is 78.7 Å². The standard InChI is InChI=1S/C20H18N2O2/c1-15(14-24-20(23)16-7-3-2-4-8-16)13-22-19-11-5-10-18-17(19)9-6-12-21-18/h2-12,14,22H,13H2,1H3/b15-14-. The van der Waals surface area contributed by atoms with E-state index < -0.39 is 0 Å². The van der Waals surface area contributed by atoms with Gasteiger partial charge in [-0.2, -0.15) is 0 Å². The number of hydrogen-bond acceptors (Lipinski definition) is 4. The maximum absolute atomic E-state index is 11.9. The van der Waals surface area contributed by atoms with Gasteiger partial charge in [-0.1, -0.05) is 24.3 Å². The van der Waals surface area contributed by atoms with Crippen molar-refractivity contribution in [3.05, 3.63) is 84.3 Å². The number of carbonyl (C=O) groups excluding carboxylic acids is 1. The van der Waals surface area contributed by atoms with Gasteiger partial charge in [0.25, 0.3) is 0 Å². The van der Waals surface area contributed by atoms with Crippen LogP contribution in [0.25, 0.3) is 10.9 Å². The topological polar surface area (TPSA) is 51.2 Å². The summed E-state index contributed by atoms with van der Waals surface area (Å²) in [5.41, 5.74) is 3.40. The van der Waals surface area contributed by atoms with Crippen molar-refractivity contribution in [2.45, 2.75) is 6.92 Å². The van der Waals surface area contributed by atoms with E-state index in [0.717, 1.165) is 22.2 Å². The quantitative estimate of drug-likeness (QED) is 0.559. The molecule has 0 aliphatic heterocycles. The number of carbonyl (C=O) groups is 1. The minimum atomic E-state index is -0.357. The Bertz CT molecular complexity index is 868. The summed E-state index contributed by atoms with van der Waals surface area (Å²) in [6.07, 6.45) is 3.27. The Morgan fingerprint density at radius 3 is 2.75 bits per heavy atom. The van der Waals surface area contributed by atoms with Crippen molar-refractivity contribution in [3.8, 4) is 0 Å². The zero-order chi connectivity index (χ0) is 16.8. The molecule has 0 saturated carbocycles. The second-order valence-electron chi connectivity index (χ2n) is 5.46. The highest BCUT2D eigenvalue weighted by molar-refractivity contribution is 5.91. The summed E-state index contributed by atoms with van der Waals surface area (Å²) in [5.74, 6) is -0.357. The summed E-state index contributed by atoms with van der Waals surface area (Å²) in [7, 11) is 0. The Morgan fingerprint density at radius 2 is 1.92 bits per heavy atom. The molecule has 3 rings (SSSR count). The summed E-state index contributed by atoms with van der Waals surface area (Å²) in [4.78, 5) is 16.2. The molecule has 0 saturated heterocycles. The van der Waals surface area contributed by atoms with Gasteiger partial charge in [0.15, 0.2) is 0 Å². The van der Waals surface area contributed by atoms with E-state index in [1.54, 1.807) is 18.3 Å². The largest absolute Gasteiger partial charge is 0.431 e. The molecule has 0 aliphatic rings. The normalized spacial score (nSPS) is 11.3. The van der Waals surface area contributed by atoms with E-state index in [-0.39, 0.29) is 5.97 Å². The third-order valence-corrected chi connectivity index (χ3v) is 3.58. The molecule has 3 aromatic rings. The zero-order valence-electron chi connectivity index (χ0n) is 13.4. The minimum Gasteiger partial charge on any atom is -0.431 e. The second kappa shape index (κ2) is 7.42. The predicted octanol–water partition coefficient (Wildman–Crippen LogP) is 4.41. The Labute approximate surface area is 140 Å². The average molecular weight is 318 g/mol. The van der Waals surface area contributed by atoms with E-state index in [0.29, 0.717) is 12.1 Å². The fourth-order valence-corrected chi connectivity index (χ4v) is 2.33. The van der Waals surface area contributed by atoms with Gasteiger partial charge in [0.05, 0.1) is 17.3 Å². The van der Waals surface area contributed by atoms with Crippen LogP contribution in [-0.4, -0.2) is 17.5 Å². The molecule has 0 aliphatic carbocycles. The molecule has 2 aromatic carbocycles. The van der Waals surface area contributed by atoms with Crippen molar-refractivity contribution in [3.63, 3.8) is 0 Å². The Balaban J connectivity index is 1.62. The molecule has 1 heterocycles. The highest BCUT2D eigenvalue weighted by atomic mass is 16.5. The van der Waals surface area contributed by atoms with E-state index in [1.165, 1.54) is 6.26 Å². The molecule has 4 nitrogen and oxygen atoms in total. The molecule has 0 amide bonds. The number of nitrogens with zero attached hydrogens (tertiary/aromatic N) is 1. The molecule has 0 atom stereocenters. The van der Waals surface area contributed by atoms with Gasteiger partial charge in [-0.05, 0) is 48.9 Å². The average Bonchev–Trinajstić information content (AvgIpc) is 2.65. The number of benzene rings is 2. The van der Waals surface area contributed by atoms with Gasteiger partial charge in [0.1, 0.15) is 0 Å². The lowest BCUT2D eigenvalue weighted by molar-refractivity contribution is 0.0660. The monoisotopic (exact) mass is 318 g/mol. The van der Waals surface area contributed by atoms with E-state index in [1.807, 2.05) is 55.5 Å². The second-order valence-corrected chi connectivity index (χ2v) is 5.46. The van der Waals surface area contributed by atoms with Crippen LogP contribution in [0.4, 0.5) is 5.69 Å². The molecule has 0 fully saturated rings. The summed E-state index contributed by atoms with van der Waals surface area (Å²) < 4.78 is 5.21. The van der Waals surface area contributed by atoms with Gasteiger partial charge >= 0.3 is 5.97 Å². The first-order valence-electron chi connectivity index (χ1n) is 7.73. The SMILES string of the molecule is C/C(=C/OC(=O)c1ccccc1)CNc1cccc2ncccc12. The molecule has 24 heavy (non-hydrogen) atoms.